The first-order valence-electron chi connectivity index (χ1n) is 14.0. The summed E-state index contributed by atoms with van der Waals surface area (Å²) >= 11 is 0. The van der Waals surface area contributed by atoms with Gasteiger partial charge in [0.25, 0.3) is 0 Å². The van der Waals surface area contributed by atoms with Crippen LogP contribution >= 0.6 is 0 Å². The van der Waals surface area contributed by atoms with E-state index in [0.717, 1.165) is 27.8 Å². The lowest BCUT2D eigenvalue weighted by molar-refractivity contribution is 0.00578. The van der Waals surface area contributed by atoms with Gasteiger partial charge in [0.05, 0.1) is 11.2 Å². The zero-order chi connectivity index (χ0) is 28.0. The molecule has 6 rings (SSSR count). The minimum absolute atomic E-state index is 0.0278. The second-order valence-electron chi connectivity index (χ2n) is 11.6. The lowest BCUT2D eigenvalue weighted by Crippen LogP contribution is -2.50. The topological polar surface area (TPSA) is 42.0 Å². The van der Waals surface area contributed by atoms with Crippen molar-refractivity contribution in [3.63, 3.8) is 0 Å². The third-order valence-electron chi connectivity index (χ3n) is 8.72. The van der Waals surface area contributed by atoms with Crippen molar-refractivity contribution in [3.8, 4) is 0 Å². The quantitative estimate of drug-likeness (QED) is 0.220. The fourth-order valence-electron chi connectivity index (χ4n) is 5.88. The third kappa shape index (κ3) is 4.23. The molecule has 2 amide bonds. The number of amides is 2. The van der Waals surface area contributed by atoms with Crippen molar-refractivity contribution in [2.45, 2.75) is 44.4 Å². The van der Waals surface area contributed by atoms with Crippen LogP contribution in [-0.2, 0) is 14.8 Å². The van der Waals surface area contributed by atoms with Gasteiger partial charge in [0.15, 0.2) is 0 Å². The van der Waals surface area contributed by atoms with Crippen LogP contribution in [0.4, 0.5) is 10.5 Å². The van der Waals surface area contributed by atoms with Crippen LogP contribution in [0.25, 0.3) is 0 Å². The van der Waals surface area contributed by atoms with Gasteiger partial charge < -0.3 is 14.2 Å². The van der Waals surface area contributed by atoms with E-state index in [4.69, 9.17) is 9.31 Å². The Morgan fingerprint density at radius 2 is 1.05 bits per heavy atom. The second-order valence-corrected chi connectivity index (χ2v) is 11.6. The molecule has 2 aliphatic heterocycles. The second kappa shape index (κ2) is 9.95. The Morgan fingerprint density at radius 1 is 0.625 bits per heavy atom. The summed E-state index contributed by atoms with van der Waals surface area (Å²) in [6, 6.07) is 39.0. The molecule has 5 nitrogen and oxygen atoms in total. The average molecular weight is 530 g/mol. The SMILES string of the molecule is CC1(C)OB(c2ccc(N3CCN(C(c4ccccc4)(c4ccccc4)c4ccccc4)C3=O)cc2)OC1(C)C. The number of hydrogen-bond acceptors (Lipinski definition) is 3. The van der Waals surface area contributed by atoms with E-state index in [2.05, 4.69) is 64.1 Å². The Balaban J connectivity index is 1.38. The first kappa shape index (κ1) is 26.4. The van der Waals surface area contributed by atoms with Gasteiger partial charge in [-0.05, 0) is 62.0 Å². The van der Waals surface area contributed by atoms with Crippen molar-refractivity contribution in [2.24, 2.45) is 0 Å². The molecule has 0 unspecified atom stereocenters. The van der Waals surface area contributed by atoms with Gasteiger partial charge in [0.2, 0.25) is 0 Å². The number of nitrogens with zero attached hydrogens (tertiary/aromatic N) is 2. The fourth-order valence-corrected chi connectivity index (χ4v) is 5.88. The first-order valence-corrected chi connectivity index (χ1v) is 14.0. The summed E-state index contributed by atoms with van der Waals surface area (Å²) in [7, 11) is -0.438. The lowest BCUT2D eigenvalue weighted by Gasteiger charge is -2.43. The maximum atomic E-state index is 14.4. The van der Waals surface area contributed by atoms with E-state index in [1.54, 1.807) is 0 Å². The highest BCUT2D eigenvalue weighted by Crippen LogP contribution is 2.44. The summed E-state index contributed by atoms with van der Waals surface area (Å²) in [5.74, 6) is 0. The number of carbonyl (C=O) groups excluding carboxylic acids is 1. The summed E-state index contributed by atoms with van der Waals surface area (Å²) in [6.45, 7) is 9.38. The summed E-state index contributed by atoms with van der Waals surface area (Å²) in [4.78, 5) is 18.3. The molecule has 202 valence electrons. The number of urea groups is 1. The average Bonchev–Trinajstić information content (AvgIpc) is 3.46. The normalized spacial score (nSPS) is 18.4. The molecule has 4 aromatic carbocycles. The summed E-state index contributed by atoms with van der Waals surface area (Å²) in [5.41, 5.74) is 3.37. The van der Waals surface area contributed by atoms with E-state index in [1.165, 1.54) is 0 Å². The zero-order valence-electron chi connectivity index (χ0n) is 23.6. The van der Waals surface area contributed by atoms with Crippen LogP contribution in [-0.4, -0.2) is 42.3 Å². The van der Waals surface area contributed by atoms with Crippen LogP contribution in [0.3, 0.4) is 0 Å². The van der Waals surface area contributed by atoms with Crippen LogP contribution in [0.2, 0.25) is 0 Å². The van der Waals surface area contributed by atoms with Crippen LogP contribution in [0.5, 0.6) is 0 Å². The highest BCUT2D eigenvalue weighted by molar-refractivity contribution is 6.62. The number of hydrogen-bond donors (Lipinski definition) is 0. The smallest absolute Gasteiger partial charge is 0.399 e. The molecule has 2 aliphatic rings. The van der Waals surface area contributed by atoms with Gasteiger partial charge in [0.1, 0.15) is 5.54 Å². The van der Waals surface area contributed by atoms with E-state index in [-0.39, 0.29) is 6.03 Å². The summed E-state index contributed by atoms with van der Waals surface area (Å²) in [5, 5.41) is 0. The van der Waals surface area contributed by atoms with Crippen LogP contribution in [0.15, 0.2) is 115 Å². The largest absolute Gasteiger partial charge is 0.494 e. The predicted octanol–water partition coefficient (Wildman–Crippen LogP) is 6.22. The van der Waals surface area contributed by atoms with E-state index < -0.39 is 23.9 Å². The molecule has 2 fully saturated rings. The molecule has 6 heteroatoms. The summed E-state index contributed by atoms with van der Waals surface area (Å²) < 4.78 is 12.5. The molecule has 0 spiro atoms. The van der Waals surface area contributed by atoms with E-state index in [9.17, 15) is 4.79 Å². The molecule has 4 aromatic rings. The molecule has 0 N–H and O–H groups in total. The lowest BCUT2D eigenvalue weighted by atomic mass is 9.75. The minimum atomic E-state index is -0.780. The van der Waals surface area contributed by atoms with Crippen molar-refractivity contribution in [2.75, 3.05) is 18.0 Å². The maximum absolute atomic E-state index is 14.4. The summed E-state index contributed by atoms with van der Waals surface area (Å²) in [6.07, 6.45) is 0. The molecular formula is C34H35BN2O3. The fraction of sp³-hybridized carbons (Fsp3) is 0.265. The Kier molecular flexibility index (Phi) is 6.56. The van der Waals surface area contributed by atoms with Gasteiger partial charge in [-0.25, -0.2) is 4.79 Å². The maximum Gasteiger partial charge on any atom is 0.494 e. The number of rotatable bonds is 6. The van der Waals surface area contributed by atoms with Gasteiger partial charge in [-0.1, -0.05) is 103 Å². The van der Waals surface area contributed by atoms with Gasteiger partial charge in [-0.2, -0.15) is 0 Å². The number of carbonyl (C=O) groups is 1. The highest BCUT2D eigenvalue weighted by Gasteiger charge is 2.52. The Bertz CT molecular complexity index is 1360. The molecule has 0 radical (unpaired) electrons. The predicted molar refractivity (Wildman–Crippen MR) is 161 cm³/mol. The van der Waals surface area contributed by atoms with Crippen LogP contribution in [0, 0.1) is 0 Å². The third-order valence-corrected chi connectivity index (χ3v) is 8.72. The van der Waals surface area contributed by atoms with Crippen molar-refractivity contribution >= 4 is 24.3 Å². The van der Waals surface area contributed by atoms with E-state index in [1.807, 2.05) is 88.7 Å². The molecule has 0 bridgehead atoms. The first-order chi connectivity index (χ1) is 19.2. The molecule has 0 saturated carbocycles. The number of benzene rings is 4. The Labute approximate surface area is 237 Å². The molecule has 2 heterocycles. The molecule has 0 aromatic heterocycles. The Hall–Kier alpha value is -3.87. The molecule has 0 aliphatic carbocycles. The van der Waals surface area contributed by atoms with E-state index >= 15 is 0 Å². The van der Waals surface area contributed by atoms with Crippen molar-refractivity contribution < 1.29 is 14.1 Å². The molecule has 0 atom stereocenters. The van der Waals surface area contributed by atoms with Crippen LogP contribution < -0.4 is 10.4 Å². The van der Waals surface area contributed by atoms with Gasteiger partial charge in [0, 0.05) is 18.8 Å². The van der Waals surface area contributed by atoms with Gasteiger partial charge in [-0.3, -0.25) is 4.90 Å². The highest BCUT2D eigenvalue weighted by atomic mass is 16.7. The molecule has 40 heavy (non-hydrogen) atoms. The Morgan fingerprint density at radius 3 is 1.48 bits per heavy atom. The van der Waals surface area contributed by atoms with Crippen molar-refractivity contribution in [1.82, 2.24) is 4.90 Å². The van der Waals surface area contributed by atoms with Crippen molar-refractivity contribution in [3.05, 3.63) is 132 Å². The molecule has 2 saturated heterocycles. The van der Waals surface area contributed by atoms with Gasteiger partial charge >= 0.3 is 13.1 Å². The van der Waals surface area contributed by atoms with Gasteiger partial charge in [-0.15, -0.1) is 0 Å². The van der Waals surface area contributed by atoms with E-state index in [0.29, 0.717) is 13.1 Å². The standard InChI is InChI=1S/C34H35BN2O3/c1-32(2)33(3,4)40-35(39-32)29-20-22-30(23-21-29)36-24-25-37(31(36)38)34(26-14-8-5-9-15-26,27-16-10-6-11-17-27)28-18-12-7-13-19-28/h5-23H,24-25H2,1-4H3. The number of anilines is 1. The molecular weight excluding hydrogens is 495 g/mol. The van der Waals surface area contributed by atoms with Crippen molar-refractivity contribution in [1.29, 1.82) is 0 Å². The monoisotopic (exact) mass is 530 g/mol. The minimum Gasteiger partial charge on any atom is -0.399 e. The zero-order valence-corrected chi connectivity index (χ0v) is 23.6. The van der Waals surface area contributed by atoms with Crippen LogP contribution in [0.1, 0.15) is 44.4 Å².